The molecule has 0 bridgehead atoms. The topological polar surface area (TPSA) is 15.3 Å². The minimum absolute atomic E-state index is 1.14. The van der Waals surface area contributed by atoms with E-state index in [0.717, 1.165) is 5.69 Å². The molecule has 13 rings (SSSR count). The van der Waals surface area contributed by atoms with Crippen LogP contribution in [0.15, 0.2) is 194 Å². The van der Waals surface area contributed by atoms with Gasteiger partial charge in [0, 0.05) is 65.8 Å². The molecule has 4 heterocycles. The average molecular weight is 825 g/mol. The number of hydrogen-bond acceptors (Lipinski definition) is 2. The van der Waals surface area contributed by atoms with E-state index in [1.54, 1.807) is 0 Å². The van der Waals surface area contributed by atoms with E-state index in [1.165, 1.54) is 115 Å². The van der Waals surface area contributed by atoms with Crippen molar-refractivity contribution < 1.29 is 0 Å². The van der Waals surface area contributed by atoms with Crippen LogP contribution in [0.25, 0.3) is 76.2 Å². The average Bonchev–Trinajstić information content (AvgIpc) is 4.04. The Morgan fingerprint density at radius 2 is 0.762 bits per heavy atom. The molecule has 0 fully saturated rings. The molecule has 300 valence electrons. The van der Waals surface area contributed by atoms with Crippen LogP contribution in [0.3, 0.4) is 0 Å². The van der Waals surface area contributed by atoms with E-state index in [0.29, 0.717) is 0 Å². The number of aryl methyl sites for hydroxylation is 1. The lowest BCUT2D eigenvalue weighted by atomic mass is 10.0. The van der Waals surface area contributed by atoms with Gasteiger partial charge in [0.05, 0.1) is 52.5 Å². The summed E-state index contributed by atoms with van der Waals surface area (Å²) in [7, 11) is -1.73. The maximum absolute atomic E-state index is 2.55. The second-order valence-electron chi connectivity index (χ2n) is 18.2. The van der Waals surface area contributed by atoms with Crippen molar-refractivity contribution in [2.75, 3.05) is 9.80 Å². The van der Waals surface area contributed by atoms with Crippen LogP contribution in [0.4, 0.5) is 34.1 Å². The molecule has 0 radical (unpaired) electrons. The Morgan fingerprint density at radius 3 is 1.27 bits per heavy atom. The molecule has 0 amide bonds. The number of benzene rings is 9. The third kappa shape index (κ3) is 5.02. The summed E-state index contributed by atoms with van der Waals surface area (Å²) < 4.78 is 5.09. The quantitative estimate of drug-likeness (QED) is 0.149. The van der Waals surface area contributed by atoms with E-state index < -0.39 is 8.07 Å². The van der Waals surface area contributed by atoms with E-state index >= 15 is 0 Å². The highest BCUT2D eigenvalue weighted by Crippen LogP contribution is 2.50. The molecule has 0 saturated carbocycles. The maximum Gasteiger partial charge on any atom is 0.0803 e. The molecule has 4 nitrogen and oxygen atoms in total. The molecule has 0 aliphatic heterocycles. The van der Waals surface area contributed by atoms with Gasteiger partial charge in [0.2, 0.25) is 0 Å². The van der Waals surface area contributed by atoms with Crippen LogP contribution in [0.1, 0.15) is 5.56 Å². The zero-order chi connectivity index (χ0) is 42.1. The van der Waals surface area contributed by atoms with Gasteiger partial charge >= 0.3 is 0 Å². The Hall–Kier alpha value is -7.60. The smallest absolute Gasteiger partial charge is 0.0803 e. The van der Waals surface area contributed by atoms with Gasteiger partial charge < -0.3 is 18.6 Å². The molecule has 0 N–H and O–H groups in total. The van der Waals surface area contributed by atoms with Gasteiger partial charge in [-0.3, -0.25) is 0 Å². The Balaban J connectivity index is 1.10. The Kier molecular flexibility index (Phi) is 7.56. The van der Waals surface area contributed by atoms with Crippen molar-refractivity contribution in [3.05, 3.63) is 200 Å². The van der Waals surface area contributed by atoms with Crippen LogP contribution < -0.4 is 15.0 Å². The van der Waals surface area contributed by atoms with Crippen molar-refractivity contribution in [3.63, 3.8) is 0 Å². The second-order valence-corrected chi connectivity index (χ2v) is 23.2. The first-order valence-corrected chi connectivity index (χ1v) is 25.5. The third-order valence-electron chi connectivity index (χ3n) is 13.6. The number of hydrogen-bond donors (Lipinski definition) is 0. The van der Waals surface area contributed by atoms with Gasteiger partial charge in [-0.2, -0.15) is 0 Å². The monoisotopic (exact) mass is 824 g/mol. The normalized spacial score (nSPS) is 12.4. The molecule has 0 saturated heterocycles. The fraction of sp³-hybridized carbons (Fsp3) is 0.0690. The molecule has 63 heavy (non-hydrogen) atoms. The SMILES string of the molecule is Cc1ccccc1N(c1ccccc1)c1cccc2c1c1cccc3c4cc5c(cc4n2c31)c1cccc2c3c(N(c4ccccc4)c4ccccc4[Si](C)(C)C)cccc3n5c12. The molecular weight excluding hydrogens is 781 g/mol. The van der Waals surface area contributed by atoms with Crippen molar-refractivity contribution >= 4 is 124 Å². The molecule has 13 aromatic rings. The first-order valence-electron chi connectivity index (χ1n) is 22.0. The fourth-order valence-electron chi connectivity index (χ4n) is 11.0. The summed E-state index contributed by atoms with van der Waals surface area (Å²) in [6, 6.07) is 72.0. The van der Waals surface area contributed by atoms with Crippen molar-refractivity contribution in [1.29, 1.82) is 0 Å². The summed E-state index contributed by atoms with van der Waals surface area (Å²) in [6.45, 7) is 9.56. The summed E-state index contributed by atoms with van der Waals surface area (Å²) in [4.78, 5) is 4.96. The Bertz CT molecular complexity index is 3910. The van der Waals surface area contributed by atoms with Gasteiger partial charge in [-0.25, -0.2) is 0 Å². The highest BCUT2D eigenvalue weighted by Gasteiger charge is 2.29. The van der Waals surface area contributed by atoms with Gasteiger partial charge in [-0.1, -0.05) is 141 Å². The Morgan fingerprint density at radius 1 is 0.349 bits per heavy atom. The molecule has 0 unspecified atom stereocenters. The van der Waals surface area contributed by atoms with E-state index in [9.17, 15) is 0 Å². The van der Waals surface area contributed by atoms with E-state index in [4.69, 9.17) is 0 Å². The minimum atomic E-state index is -1.73. The number of aromatic nitrogens is 2. The van der Waals surface area contributed by atoms with E-state index in [-0.39, 0.29) is 0 Å². The molecule has 4 aromatic heterocycles. The summed E-state index contributed by atoms with van der Waals surface area (Å²) in [5.41, 5.74) is 15.8. The van der Waals surface area contributed by atoms with Gasteiger partial charge in [0.1, 0.15) is 0 Å². The number of anilines is 6. The summed E-state index contributed by atoms with van der Waals surface area (Å²) >= 11 is 0. The molecule has 0 spiro atoms. The van der Waals surface area contributed by atoms with E-state index in [2.05, 4.69) is 239 Å². The third-order valence-corrected chi connectivity index (χ3v) is 15.6. The maximum atomic E-state index is 2.55. The fourth-order valence-corrected chi connectivity index (χ4v) is 12.5. The number of rotatable bonds is 7. The lowest BCUT2D eigenvalue weighted by Crippen LogP contribution is -2.40. The standard InChI is InChI=1S/C58H44N4Si/c1-37-19-11-12-28-46(37)59(38-20-7-5-8-21-38)48-30-17-32-50-55(48)42-26-15-24-40-44-36-53-45(35-52(44)61(50)57(40)42)41-25-16-27-43-56-49(31-18-33-51(56)62(53)58(41)43)60(39-22-9-6-10-23-39)47-29-13-14-34-54(47)63(2,3)4/h5-36H,1-4H3. The molecule has 5 heteroatoms. The minimum Gasteiger partial charge on any atom is -0.310 e. The predicted octanol–water partition coefficient (Wildman–Crippen LogP) is 15.8. The predicted molar refractivity (Wildman–Crippen MR) is 273 cm³/mol. The number of para-hydroxylation sites is 6. The number of fused-ring (bicyclic) bond motifs is 12. The van der Waals surface area contributed by atoms with Gasteiger partial charge in [-0.05, 0) is 90.5 Å². The van der Waals surface area contributed by atoms with Crippen molar-refractivity contribution in [2.45, 2.75) is 26.6 Å². The lowest BCUT2D eigenvalue weighted by Gasteiger charge is -2.31. The van der Waals surface area contributed by atoms with Crippen LogP contribution in [0, 0.1) is 6.92 Å². The van der Waals surface area contributed by atoms with Crippen LogP contribution in [0.5, 0.6) is 0 Å². The largest absolute Gasteiger partial charge is 0.310 e. The van der Waals surface area contributed by atoms with Crippen LogP contribution >= 0.6 is 0 Å². The van der Waals surface area contributed by atoms with Crippen LogP contribution in [0.2, 0.25) is 19.6 Å². The first-order chi connectivity index (χ1) is 30.9. The zero-order valence-electron chi connectivity index (χ0n) is 35.8. The molecule has 9 aromatic carbocycles. The van der Waals surface area contributed by atoms with Crippen molar-refractivity contribution in [3.8, 4) is 0 Å². The highest BCUT2D eigenvalue weighted by molar-refractivity contribution is 6.89. The summed E-state index contributed by atoms with van der Waals surface area (Å²) in [5, 5.41) is 11.6. The van der Waals surface area contributed by atoms with Gasteiger partial charge in [-0.15, -0.1) is 0 Å². The lowest BCUT2D eigenvalue weighted by molar-refractivity contribution is 1.26. The molecule has 0 aliphatic rings. The second kappa shape index (κ2) is 13.2. The molecular formula is C58H44N4Si. The number of nitrogens with zero attached hydrogens (tertiary/aromatic N) is 4. The van der Waals surface area contributed by atoms with Crippen molar-refractivity contribution in [2.24, 2.45) is 0 Å². The molecule has 0 atom stereocenters. The molecule has 0 aliphatic carbocycles. The van der Waals surface area contributed by atoms with E-state index in [1.807, 2.05) is 0 Å². The summed E-state index contributed by atoms with van der Waals surface area (Å²) in [5.74, 6) is 0. The van der Waals surface area contributed by atoms with Gasteiger partial charge in [0.15, 0.2) is 0 Å². The Labute approximate surface area is 366 Å². The van der Waals surface area contributed by atoms with Gasteiger partial charge in [0.25, 0.3) is 0 Å². The van der Waals surface area contributed by atoms with Crippen molar-refractivity contribution in [1.82, 2.24) is 8.80 Å². The first kappa shape index (κ1) is 36.1. The highest BCUT2D eigenvalue weighted by atomic mass is 28.3. The zero-order valence-corrected chi connectivity index (χ0v) is 36.8. The van der Waals surface area contributed by atoms with Crippen LogP contribution in [-0.2, 0) is 0 Å². The van der Waals surface area contributed by atoms with Crippen LogP contribution in [-0.4, -0.2) is 16.9 Å². The summed E-state index contributed by atoms with van der Waals surface area (Å²) in [6.07, 6.45) is 0.